The van der Waals surface area contributed by atoms with Crippen molar-refractivity contribution in [3.8, 4) is 5.75 Å². The summed E-state index contributed by atoms with van der Waals surface area (Å²) >= 11 is 0. The van der Waals surface area contributed by atoms with Gasteiger partial charge < -0.3 is 14.8 Å². The van der Waals surface area contributed by atoms with E-state index in [2.05, 4.69) is 35.3 Å². The molecule has 1 aliphatic rings. The summed E-state index contributed by atoms with van der Waals surface area (Å²) in [5, 5.41) is 3.43. The van der Waals surface area contributed by atoms with Crippen molar-refractivity contribution in [2.75, 3.05) is 46.0 Å². The van der Waals surface area contributed by atoms with Gasteiger partial charge in [-0.1, -0.05) is 25.1 Å². The second-order valence-corrected chi connectivity index (χ2v) is 5.44. The van der Waals surface area contributed by atoms with Gasteiger partial charge in [-0.15, -0.1) is 0 Å². The molecule has 0 saturated carbocycles. The van der Waals surface area contributed by atoms with Crippen LogP contribution in [-0.2, 0) is 11.3 Å². The molecule has 0 unspecified atom stereocenters. The summed E-state index contributed by atoms with van der Waals surface area (Å²) < 4.78 is 11.5. The lowest BCUT2D eigenvalue weighted by Gasteiger charge is -2.19. The first kappa shape index (κ1) is 16.3. The van der Waals surface area contributed by atoms with Crippen molar-refractivity contribution in [2.24, 2.45) is 0 Å². The summed E-state index contributed by atoms with van der Waals surface area (Å²) in [4.78, 5) is 2.42. The maximum Gasteiger partial charge on any atom is 0.123 e. The van der Waals surface area contributed by atoms with Gasteiger partial charge in [-0.25, -0.2) is 0 Å². The fourth-order valence-corrected chi connectivity index (χ4v) is 2.50. The first-order chi connectivity index (χ1) is 10.4. The highest BCUT2D eigenvalue weighted by Gasteiger charge is 2.09. The van der Waals surface area contributed by atoms with Gasteiger partial charge in [0.15, 0.2) is 0 Å². The third kappa shape index (κ3) is 6.04. The fourth-order valence-electron chi connectivity index (χ4n) is 2.50. The van der Waals surface area contributed by atoms with Crippen molar-refractivity contribution in [3.05, 3.63) is 29.8 Å². The van der Waals surface area contributed by atoms with E-state index in [1.54, 1.807) is 0 Å². The highest BCUT2D eigenvalue weighted by molar-refractivity contribution is 5.33. The van der Waals surface area contributed by atoms with Crippen LogP contribution in [-0.4, -0.2) is 50.9 Å². The van der Waals surface area contributed by atoms with E-state index in [0.29, 0.717) is 0 Å². The molecule has 1 aromatic carbocycles. The lowest BCUT2D eigenvalue weighted by molar-refractivity contribution is 0.137. The van der Waals surface area contributed by atoms with Gasteiger partial charge >= 0.3 is 0 Å². The molecule has 1 fully saturated rings. The van der Waals surface area contributed by atoms with E-state index in [0.717, 1.165) is 71.1 Å². The van der Waals surface area contributed by atoms with Gasteiger partial charge in [0, 0.05) is 38.3 Å². The minimum Gasteiger partial charge on any atom is -0.492 e. The normalized spacial score (nSPS) is 16.6. The summed E-state index contributed by atoms with van der Waals surface area (Å²) in [5.41, 5.74) is 1.24. The van der Waals surface area contributed by atoms with Gasteiger partial charge in [-0.3, -0.25) is 4.90 Å². The Morgan fingerprint density at radius 1 is 1.24 bits per heavy atom. The van der Waals surface area contributed by atoms with E-state index in [-0.39, 0.29) is 0 Å². The molecule has 0 atom stereocenters. The van der Waals surface area contributed by atoms with Crippen LogP contribution in [0, 0.1) is 0 Å². The highest BCUT2D eigenvalue weighted by atomic mass is 16.5. The van der Waals surface area contributed by atoms with E-state index in [1.165, 1.54) is 5.56 Å². The minimum absolute atomic E-state index is 0.741. The topological polar surface area (TPSA) is 33.7 Å². The zero-order chi connectivity index (χ0) is 14.8. The molecule has 1 aliphatic heterocycles. The summed E-state index contributed by atoms with van der Waals surface area (Å²) in [6.45, 7) is 9.68. The third-order valence-corrected chi connectivity index (χ3v) is 3.69. The number of hydrogen-bond donors (Lipinski definition) is 1. The zero-order valence-corrected chi connectivity index (χ0v) is 13.1. The van der Waals surface area contributed by atoms with Crippen molar-refractivity contribution in [1.82, 2.24) is 10.2 Å². The Labute approximate surface area is 128 Å². The van der Waals surface area contributed by atoms with Crippen LogP contribution in [0.15, 0.2) is 24.3 Å². The van der Waals surface area contributed by atoms with E-state index in [4.69, 9.17) is 9.47 Å². The zero-order valence-electron chi connectivity index (χ0n) is 13.1. The molecule has 4 heteroatoms. The fraction of sp³-hybridized carbons (Fsp3) is 0.647. The number of rotatable bonds is 8. The SMILES string of the molecule is CCCNCc1ccccc1OCCN1CCCOCC1. The summed E-state index contributed by atoms with van der Waals surface area (Å²) in [5.74, 6) is 1.01. The Hall–Kier alpha value is -1.10. The molecule has 4 nitrogen and oxygen atoms in total. The molecule has 1 aromatic rings. The van der Waals surface area contributed by atoms with Crippen LogP contribution in [0.3, 0.4) is 0 Å². The van der Waals surface area contributed by atoms with Crippen LogP contribution < -0.4 is 10.1 Å². The summed E-state index contributed by atoms with van der Waals surface area (Å²) in [7, 11) is 0. The van der Waals surface area contributed by atoms with Crippen molar-refractivity contribution < 1.29 is 9.47 Å². The van der Waals surface area contributed by atoms with E-state index < -0.39 is 0 Å². The molecule has 1 saturated heterocycles. The lowest BCUT2D eigenvalue weighted by atomic mass is 10.2. The van der Waals surface area contributed by atoms with Crippen LogP contribution in [0.5, 0.6) is 5.75 Å². The van der Waals surface area contributed by atoms with Crippen molar-refractivity contribution in [2.45, 2.75) is 26.3 Å². The van der Waals surface area contributed by atoms with Gasteiger partial charge in [0.2, 0.25) is 0 Å². The number of nitrogens with zero attached hydrogens (tertiary/aromatic N) is 1. The smallest absolute Gasteiger partial charge is 0.123 e. The lowest BCUT2D eigenvalue weighted by Crippen LogP contribution is -2.30. The van der Waals surface area contributed by atoms with Crippen LogP contribution in [0.4, 0.5) is 0 Å². The van der Waals surface area contributed by atoms with Crippen molar-refractivity contribution in [1.29, 1.82) is 0 Å². The average molecular weight is 292 g/mol. The average Bonchev–Trinajstić information content (AvgIpc) is 2.78. The highest BCUT2D eigenvalue weighted by Crippen LogP contribution is 2.17. The molecule has 0 bridgehead atoms. The predicted octanol–water partition coefficient (Wildman–Crippen LogP) is 2.29. The molecule has 0 aromatic heterocycles. The molecule has 0 spiro atoms. The molecule has 0 radical (unpaired) electrons. The molecule has 21 heavy (non-hydrogen) atoms. The monoisotopic (exact) mass is 292 g/mol. The Bertz CT molecular complexity index is 390. The first-order valence-electron chi connectivity index (χ1n) is 8.11. The van der Waals surface area contributed by atoms with Crippen LogP contribution in [0.25, 0.3) is 0 Å². The Morgan fingerprint density at radius 2 is 2.14 bits per heavy atom. The standard InChI is InChI=1S/C17H28N2O2/c1-2-8-18-15-16-6-3-4-7-17(16)21-14-11-19-9-5-12-20-13-10-19/h3-4,6-7,18H,2,5,8-15H2,1H3. The number of benzene rings is 1. The molecule has 2 rings (SSSR count). The molecule has 118 valence electrons. The predicted molar refractivity (Wildman–Crippen MR) is 85.8 cm³/mol. The molecule has 1 heterocycles. The van der Waals surface area contributed by atoms with Crippen LogP contribution in [0.2, 0.25) is 0 Å². The number of hydrogen-bond acceptors (Lipinski definition) is 4. The largest absolute Gasteiger partial charge is 0.492 e. The molecular formula is C17H28N2O2. The molecule has 0 amide bonds. The second kappa shape index (κ2) is 9.77. The number of ether oxygens (including phenoxy) is 2. The Balaban J connectivity index is 1.76. The van der Waals surface area contributed by atoms with Crippen molar-refractivity contribution in [3.63, 3.8) is 0 Å². The van der Waals surface area contributed by atoms with E-state index in [1.807, 2.05) is 6.07 Å². The number of para-hydroxylation sites is 1. The summed E-state index contributed by atoms with van der Waals surface area (Å²) in [6.07, 6.45) is 2.28. The maximum absolute atomic E-state index is 5.99. The first-order valence-corrected chi connectivity index (χ1v) is 8.11. The Kier molecular flexibility index (Phi) is 7.57. The van der Waals surface area contributed by atoms with Gasteiger partial charge in [0.1, 0.15) is 12.4 Å². The minimum atomic E-state index is 0.741. The van der Waals surface area contributed by atoms with Gasteiger partial charge in [-0.05, 0) is 25.5 Å². The molecular weight excluding hydrogens is 264 g/mol. The second-order valence-electron chi connectivity index (χ2n) is 5.44. The van der Waals surface area contributed by atoms with Gasteiger partial charge in [0.25, 0.3) is 0 Å². The van der Waals surface area contributed by atoms with Gasteiger partial charge in [-0.2, -0.15) is 0 Å². The van der Waals surface area contributed by atoms with E-state index >= 15 is 0 Å². The Morgan fingerprint density at radius 3 is 3.05 bits per heavy atom. The van der Waals surface area contributed by atoms with Crippen LogP contribution >= 0.6 is 0 Å². The van der Waals surface area contributed by atoms with Crippen LogP contribution in [0.1, 0.15) is 25.3 Å². The van der Waals surface area contributed by atoms with Gasteiger partial charge in [0.05, 0.1) is 6.61 Å². The van der Waals surface area contributed by atoms with Crippen molar-refractivity contribution >= 4 is 0 Å². The molecule has 0 aliphatic carbocycles. The quantitative estimate of drug-likeness (QED) is 0.745. The van der Waals surface area contributed by atoms with E-state index in [9.17, 15) is 0 Å². The molecule has 1 N–H and O–H groups in total. The third-order valence-electron chi connectivity index (χ3n) is 3.69. The maximum atomic E-state index is 5.99. The summed E-state index contributed by atoms with van der Waals surface area (Å²) in [6, 6.07) is 8.31. The number of nitrogens with one attached hydrogen (secondary N) is 1.